The van der Waals surface area contributed by atoms with E-state index in [1.54, 1.807) is 19.1 Å². The molecule has 3 atom stereocenters. The summed E-state index contributed by atoms with van der Waals surface area (Å²) in [6.07, 6.45) is 0.277. The minimum absolute atomic E-state index is 0.0276. The van der Waals surface area contributed by atoms with Gasteiger partial charge < -0.3 is 10.4 Å². The average molecular weight is 237 g/mol. The summed E-state index contributed by atoms with van der Waals surface area (Å²) in [6, 6.07) is 6.28. The van der Waals surface area contributed by atoms with Crippen LogP contribution in [0.1, 0.15) is 24.8 Å². The van der Waals surface area contributed by atoms with Crippen LogP contribution in [0.5, 0.6) is 0 Å². The average Bonchev–Trinajstić information content (AvgIpc) is 3.07. The highest BCUT2D eigenvalue weighted by Gasteiger charge is 2.43. The normalized spacial score (nSPS) is 24.2. The fourth-order valence-electron chi connectivity index (χ4n) is 1.94. The van der Waals surface area contributed by atoms with Gasteiger partial charge >= 0.3 is 0 Å². The summed E-state index contributed by atoms with van der Waals surface area (Å²) >= 11 is 0. The number of hydrogen-bond donors (Lipinski definition) is 2. The van der Waals surface area contributed by atoms with Crippen molar-refractivity contribution in [3.8, 4) is 0 Å². The molecule has 0 aromatic heterocycles. The van der Waals surface area contributed by atoms with Crippen LogP contribution in [0.25, 0.3) is 0 Å². The van der Waals surface area contributed by atoms with Crippen molar-refractivity contribution in [1.29, 1.82) is 0 Å². The highest BCUT2D eigenvalue weighted by atomic mass is 19.1. The van der Waals surface area contributed by atoms with Crippen molar-refractivity contribution in [3.63, 3.8) is 0 Å². The van der Waals surface area contributed by atoms with Gasteiger partial charge in [-0.1, -0.05) is 12.1 Å². The molecule has 1 aromatic carbocycles. The molecular formula is C13H16FNO2. The summed E-state index contributed by atoms with van der Waals surface area (Å²) in [6.45, 7) is 1.91. The van der Waals surface area contributed by atoms with Crippen molar-refractivity contribution in [2.75, 3.05) is 6.54 Å². The van der Waals surface area contributed by atoms with Crippen LogP contribution < -0.4 is 5.32 Å². The molecule has 2 rings (SSSR count). The molecule has 0 aliphatic heterocycles. The van der Waals surface area contributed by atoms with E-state index in [0.717, 1.165) is 12.0 Å². The lowest BCUT2D eigenvalue weighted by molar-refractivity contribution is -0.122. The summed E-state index contributed by atoms with van der Waals surface area (Å²) in [7, 11) is 0. The monoisotopic (exact) mass is 237 g/mol. The summed E-state index contributed by atoms with van der Waals surface area (Å²) < 4.78 is 12.7. The second kappa shape index (κ2) is 4.84. The number of aliphatic hydroxyl groups is 1. The van der Waals surface area contributed by atoms with Gasteiger partial charge in [0.2, 0.25) is 5.91 Å². The molecule has 0 spiro atoms. The molecule has 2 N–H and O–H groups in total. The van der Waals surface area contributed by atoms with Crippen LogP contribution in [-0.4, -0.2) is 23.7 Å². The van der Waals surface area contributed by atoms with Crippen LogP contribution >= 0.6 is 0 Å². The van der Waals surface area contributed by atoms with Crippen molar-refractivity contribution in [1.82, 2.24) is 5.32 Å². The molecule has 1 amide bonds. The Morgan fingerprint density at radius 3 is 2.76 bits per heavy atom. The minimum Gasteiger partial charge on any atom is -0.392 e. The van der Waals surface area contributed by atoms with Crippen molar-refractivity contribution >= 4 is 5.91 Å². The van der Waals surface area contributed by atoms with E-state index >= 15 is 0 Å². The maximum atomic E-state index is 12.7. The number of carbonyl (C=O) groups excluding carboxylic acids is 1. The fraction of sp³-hybridized carbons (Fsp3) is 0.462. The molecule has 1 aromatic rings. The Kier molecular flexibility index (Phi) is 3.43. The molecule has 0 radical (unpaired) electrons. The summed E-state index contributed by atoms with van der Waals surface area (Å²) in [5.74, 6) is -0.117. The Morgan fingerprint density at radius 1 is 1.53 bits per heavy atom. The third-order valence-corrected chi connectivity index (χ3v) is 3.00. The van der Waals surface area contributed by atoms with Crippen LogP contribution in [0.2, 0.25) is 0 Å². The van der Waals surface area contributed by atoms with Crippen LogP contribution in [0.4, 0.5) is 4.39 Å². The molecular weight excluding hydrogens is 221 g/mol. The van der Waals surface area contributed by atoms with E-state index in [-0.39, 0.29) is 30.1 Å². The van der Waals surface area contributed by atoms with Crippen LogP contribution in [0.15, 0.2) is 24.3 Å². The van der Waals surface area contributed by atoms with Crippen molar-refractivity contribution in [2.45, 2.75) is 25.4 Å². The van der Waals surface area contributed by atoms with Gasteiger partial charge in [-0.15, -0.1) is 0 Å². The van der Waals surface area contributed by atoms with Gasteiger partial charge in [0.15, 0.2) is 0 Å². The van der Waals surface area contributed by atoms with Gasteiger partial charge in [0.05, 0.1) is 6.10 Å². The zero-order valence-corrected chi connectivity index (χ0v) is 9.69. The third-order valence-electron chi connectivity index (χ3n) is 3.00. The van der Waals surface area contributed by atoms with Crippen molar-refractivity contribution < 1.29 is 14.3 Å². The highest BCUT2D eigenvalue weighted by molar-refractivity contribution is 5.82. The number of amides is 1. The number of nitrogens with one attached hydrogen (secondary N) is 1. The van der Waals surface area contributed by atoms with Crippen molar-refractivity contribution in [3.05, 3.63) is 35.6 Å². The van der Waals surface area contributed by atoms with E-state index in [1.807, 2.05) is 0 Å². The zero-order valence-electron chi connectivity index (χ0n) is 9.69. The van der Waals surface area contributed by atoms with E-state index in [1.165, 1.54) is 12.1 Å². The van der Waals surface area contributed by atoms with Gasteiger partial charge in [0.1, 0.15) is 5.82 Å². The molecule has 1 aliphatic carbocycles. The van der Waals surface area contributed by atoms with E-state index in [0.29, 0.717) is 0 Å². The Labute approximate surface area is 99.7 Å². The smallest absolute Gasteiger partial charge is 0.223 e. The molecule has 1 saturated carbocycles. The number of benzene rings is 1. The van der Waals surface area contributed by atoms with Gasteiger partial charge in [-0.3, -0.25) is 4.79 Å². The van der Waals surface area contributed by atoms with Crippen LogP contribution in [0, 0.1) is 11.7 Å². The molecule has 4 heteroatoms. The number of carbonyl (C=O) groups is 1. The number of hydrogen-bond acceptors (Lipinski definition) is 2. The van der Waals surface area contributed by atoms with Crippen LogP contribution in [0.3, 0.4) is 0 Å². The molecule has 1 aliphatic rings. The first kappa shape index (κ1) is 12.0. The standard InChI is InChI=1S/C13H16FNO2/c1-8(16)7-15-13(17)12-6-11(12)9-2-4-10(14)5-3-9/h2-5,8,11-12,16H,6-7H2,1H3,(H,15,17). The topological polar surface area (TPSA) is 49.3 Å². The second-order valence-corrected chi connectivity index (χ2v) is 4.59. The first-order valence-electron chi connectivity index (χ1n) is 5.79. The largest absolute Gasteiger partial charge is 0.392 e. The summed E-state index contributed by atoms with van der Waals surface area (Å²) in [5.41, 5.74) is 1.00. The first-order valence-corrected chi connectivity index (χ1v) is 5.79. The molecule has 1 fully saturated rings. The quantitative estimate of drug-likeness (QED) is 0.832. The zero-order chi connectivity index (χ0) is 12.4. The molecule has 0 bridgehead atoms. The SMILES string of the molecule is CC(O)CNC(=O)C1CC1c1ccc(F)cc1. The highest BCUT2D eigenvalue weighted by Crippen LogP contribution is 2.47. The molecule has 3 nitrogen and oxygen atoms in total. The van der Waals surface area contributed by atoms with Gasteiger partial charge in [-0.25, -0.2) is 4.39 Å². The molecule has 3 unspecified atom stereocenters. The second-order valence-electron chi connectivity index (χ2n) is 4.59. The Balaban J connectivity index is 1.87. The third kappa shape index (κ3) is 3.03. The Hall–Kier alpha value is -1.42. The van der Waals surface area contributed by atoms with E-state index in [9.17, 15) is 9.18 Å². The number of rotatable bonds is 4. The first-order chi connectivity index (χ1) is 8.08. The van der Waals surface area contributed by atoms with Gasteiger partial charge in [-0.05, 0) is 37.0 Å². The van der Waals surface area contributed by atoms with Gasteiger partial charge in [-0.2, -0.15) is 0 Å². The van der Waals surface area contributed by atoms with Gasteiger partial charge in [0.25, 0.3) is 0 Å². The molecule has 17 heavy (non-hydrogen) atoms. The fourth-order valence-corrected chi connectivity index (χ4v) is 1.94. The minimum atomic E-state index is -0.526. The maximum Gasteiger partial charge on any atom is 0.223 e. The molecule has 92 valence electrons. The molecule has 0 heterocycles. The van der Waals surface area contributed by atoms with E-state index in [2.05, 4.69) is 5.32 Å². The predicted molar refractivity (Wildman–Crippen MR) is 61.9 cm³/mol. The lowest BCUT2D eigenvalue weighted by Crippen LogP contribution is -2.31. The van der Waals surface area contributed by atoms with Gasteiger partial charge in [0, 0.05) is 12.5 Å². The molecule has 0 saturated heterocycles. The van der Waals surface area contributed by atoms with Crippen LogP contribution in [-0.2, 0) is 4.79 Å². The van der Waals surface area contributed by atoms with E-state index in [4.69, 9.17) is 5.11 Å². The lowest BCUT2D eigenvalue weighted by atomic mass is 10.1. The van der Waals surface area contributed by atoms with E-state index < -0.39 is 6.10 Å². The Morgan fingerprint density at radius 2 is 2.18 bits per heavy atom. The number of aliphatic hydroxyl groups excluding tert-OH is 1. The summed E-state index contributed by atoms with van der Waals surface area (Å²) in [5, 5.41) is 11.8. The summed E-state index contributed by atoms with van der Waals surface area (Å²) in [4.78, 5) is 11.7. The lowest BCUT2D eigenvalue weighted by Gasteiger charge is -2.06. The van der Waals surface area contributed by atoms with Crippen molar-refractivity contribution in [2.24, 2.45) is 5.92 Å². The predicted octanol–water partition coefficient (Wildman–Crippen LogP) is 1.43. The number of halogens is 1. The maximum absolute atomic E-state index is 12.7. The Bertz CT molecular complexity index is 402.